The number of rotatable bonds is 2. The summed E-state index contributed by atoms with van der Waals surface area (Å²) in [5, 5.41) is 0.375. The maximum atomic E-state index is 11.4. The average molecular weight is 376 g/mol. The van der Waals surface area contributed by atoms with Gasteiger partial charge < -0.3 is 0 Å². The summed E-state index contributed by atoms with van der Waals surface area (Å²) in [4.78, 5) is 0. The van der Waals surface area contributed by atoms with Crippen LogP contribution in [0.4, 0.5) is 0 Å². The van der Waals surface area contributed by atoms with Gasteiger partial charge in [0.2, 0.25) is 0 Å². The van der Waals surface area contributed by atoms with Gasteiger partial charge in [-0.15, -0.1) is 0 Å². The van der Waals surface area contributed by atoms with Gasteiger partial charge >= 0.3 is 108 Å². The first-order valence-electron chi connectivity index (χ1n) is 4.85. The Hall–Kier alpha value is -0.743. The fraction of sp³-hybridized carbons (Fsp3) is 0. The molecular formula is C10H10As2O6. The molecule has 0 heterocycles. The molecule has 0 unspecified atom stereocenters. The van der Waals surface area contributed by atoms with Crippen molar-refractivity contribution in [2.45, 2.75) is 0 Å². The van der Waals surface area contributed by atoms with Crippen LogP contribution in [-0.4, -0.2) is 44.7 Å². The van der Waals surface area contributed by atoms with Crippen LogP contribution < -0.4 is 8.70 Å². The molecule has 0 radical (unpaired) electrons. The summed E-state index contributed by atoms with van der Waals surface area (Å²) in [6.45, 7) is 0. The van der Waals surface area contributed by atoms with Crippen molar-refractivity contribution in [2.24, 2.45) is 0 Å². The fourth-order valence-corrected chi connectivity index (χ4v) is 5.04. The van der Waals surface area contributed by atoms with Crippen LogP contribution in [0.25, 0.3) is 10.8 Å². The molecule has 0 aliphatic carbocycles. The summed E-state index contributed by atoms with van der Waals surface area (Å²) >= 11 is -10.3. The van der Waals surface area contributed by atoms with Crippen molar-refractivity contribution in [1.82, 2.24) is 0 Å². The van der Waals surface area contributed by atoms with Gasteiger partial charge in [0.1, 0.15) is 0 Å². The molecule has 2 rings (SSSR count). The van der Waals surface area contributed by atoms with Crippen molar-refractivity contribution < 1.29 is 23.9 Å². The van der Waals surface area contributed by atoms with E-state index >= 15 is 0 Å². The molecule has 0 amide bonds. The predicted molar refractivity (Wildman–Crippen MR) is 65.0 cm³/mol. The van der Waals surface area contributed by atoms with E-state index in [0.717, 1.165) is 12.1 Å². The Morgan fingerprint density at radius 1 is 0.667 bits per heavy atom. The zero-order chi connectivity index (χ0) is 13.6. The molecule has 6 nitrogen and oxygen atoms in total. The van der Waals surface area contributed by atoms with Gasteiger partial charge in [0, 0.05) is 0 Å². The monoisotopic (exact) mass is 376 g/mol. The van der Waals surface area contributed by atoms with E-state index in [1.54, 1.807) is 12.1 Å². The average Bonchev–Trinajstić information content (AvgIpc) is 2.24. The summed E-state index contributed by atoms with van der Waals surface area (Å²) in [6.07, 6.45) is 0. The molecule has 0 bridgehead atoms. The Labute approximate surface area is 108 Å². The quantitative estimate of drug-likeness (QED) is 0.450. The van der Waals surface area contributed by atoms with Crippen molar-refractivity contribution in [3.05, 3.63) is 36.4 Å². The molecule has 2 aromatic carbocycles. The number of hydrogen-bond acceptors (Lipinski definition) is 2. The van der Waals surface area contributed by atoms with Crippen LogP contribution in [0.3, 0.4) is 0 Å². The van der Waals surface area contributed by atoms with Gasteiger partial charge in [-0.05, 0) is 0 Å². The van der Waals surface area contributed by atoms with Gasteiger partial charge in [-0.25, -0.2) is 0 Å². The normalized spacial score (nSPS) is 12.9. The first kappa shape index (κ1) is 13.7. The van der Waals surface area contributed by atoms with Crippen molar-refractivity contribution >= 4 is 47.8 Å². The van der Waals surface area contributed by atoms with Gasteiger partial charge in [-0.1, -0.05) is 0 Å². The van der Waals surface area contributed by atoms with Gasteiger partial charge in [0.15, 0.2) is 0 Å². The van der Waals surface area contributed by atoms with Crippen LogP contribution in [0.15, 0.2) is 36.4 Å². The van der Waals surface area contributed by atoms with Gasteiger partial charge in [0.05, 0.1) is 0 Å². The molecule has 0 aromatic heterocycles. The van der Waals surface area contributed by atoms with Crippen LogP contribution in [0.1, 0.15) is 0 Å². The number of fused-ring (bicyclic) bond motifs is 1. The number of benzene rings is 2. The molecule has 0 aliphatic heterocycles. The van der Waals surface area contributed by atoms with E-state index in [0.29, 0.717) is 0 Å². The van der Waals surface area contributed by atoms with Crippen LogP contribution in [0.2, 0.25) is 0 Å². The van der Waals surface area contributed by atoms with Crippen LogP contribution in [0.5, 0.6) is 0 Å². The summed E-state index contributed by atoms with van der Waals surface area (Å²) in [5.41, 5.74) is 0. The Bertz CT molecular complexity index is 638. The Kier molecular flexibility index (Phi) is 3.36. The zero-order valence-corrected chi connectivity index (χ0v) is 12.7. The van der Waals surface area contributed by atoms with E-state index in [1.807, 2.05) is 0 Å². The van der Waals surface area contributed by atoms with E-state index in [1.165, 1.54) is 12.1 Å². The minimum atomic E-state index is -5.13. The minimum absolute atomic E-state index is 0.170. The molecule has 0 saturated heterocycles. The first-order chi connectivity index (χ1) is 8.21. The molecule has 18 heavy (non-hydrogen) atoms. The molecule has 96 valence electrons. The Morgan fingerprint density at radius 2 is 1.00 bits per heavy atom. The third kappa shape index (κ3) is 2.49. The molecule has 8 heteroatoms. The SMILES string of the molecule is O=[As](O)(O)c1ccc([As](=O)(O)O)c2ccccc12. The molecule has 0 aliphatic rings. The number of hydrogen-bond donors (Lipinski definition) is 4. The second-order valence-electron chi connectivity index (χ2n) is 3.74. The summed E-state index contributed by atoms with van der Waals surface area (Å²) in [6, 6.07) is 8.21. The second-order valence-corrected chi connectivity index (χ2v) is 10.3. The van der Waals surface area contributed by atoms with E-state index in [2.05, 4.69) is 0 Å². The van der Waals surface area contributed by atoms with Crippen LogP contribution in [0, 0.1) is 0 Å². The van der Waals surface area contributed by atoms with Gasteiger partial charge in [0.25, 0.3) is 0 Å². The molecule has 0 saturated carbocycles. The fourth-order valence-electron chi connectivity index (χ4n) is 1.78. The topological polar surface area (TPSA) is 115 Å². The van der Waals surface area contributed by atoms with Gasteiger partial charge in [-0.2, -0.15) is 0 Å². The Balaban J connectivity index is 2.92. The van der Waals surface area contributed by atoms with Crippen molar-refractivity contribution in [3.8, 4) is 0 Å². The molecule has 0 fully saturated rings. The van der Waals surface area contributed by atoms with E-state index in [9.17, 15) is 23.9 Å². The summed E-state index contributed by atoms with van der Waals surface area (Å²) < 4.78 is 59.5. The summed E-state index contributed by atoms with van der Waals surface area (Å²) in [5.74, 6) is 0. The Morgan fingerprint density at radius 3 is 1.28 bits per heavy atom. The van der Waals surface area contributed by atoms with E-state index in [4.69, 9.17) is 0 Å². The molecule has 4 N–H and O–H groups in total. The molecular weight excluding hydrogens is 366 g/mol. The standard InChI is InChI=1S/C10H10As2O6/c13-11(14,15)9-5-6-10(12(16,17)18)8-4-2-1-3-7(8)9/h1-6H,(H2,13,14,15)(H2,16,17,18). The molecule has 0 atom stereocenters. The first-order valence-corrected chi connectivity index (χ1v) is 11.6. The van der Waals surface area contributed by atoms with Gasteiger partial charge in [-0.3, -0.25) is 0 Å². The molecule has 0 spiro atoms. The predicted octanol–water partition coefficient (Wildman–Crippen LogP) is -2.04. The van der Waals surface area contributed by atoms with E-state index in [-0.39, 0.29) is 19.5 Å². The van der Waals surface area contributed by atoms with Crippen LogP contribution in [-0.2, 0) is 7.48 Å². The zero-order valence-electron chi connectivity index (χ0n) is 8.96. The van der Waals surface area contributed by atoms with E-state index < -0.39 is 28.3 Å². The van der Waals surface area contributed by atoms with Crippen LogP contribution >= 0.6 is 0 Å². The van der Waals surface area contributed by atoms with Crippen molar-refractivity contribution in [2.75, 3.05) is 0 Å². The summed E-state index contributed by atoms with van der Waals surface area (Å²) in [7, 11) is 0. The third-order valence-electron chi connectivity index (χ3n) is 2.51. The third-order valence-corrected chi connectivity index (χ3v) is 6.78. The maximum absolute atomic E-state index is 11.4. The van der Waals surface area contributed by atoms with Crippen molar-refractivity contribution in [1.29, 1.82) is 0 Å². The van der Waals surface area contributed by atoms with Crippen molar-refractivity contribution in [3.63, 3.8) is 0 Å². The molecule has 2 aromatic rings. The second kappa shape index (κ2) is 4.42.